The number of aryl methyl sites for hydroxylation is 1. The molecule has 0 aliphatic rings. The number of aromatic nitrogens is 4. The highest BCUT2D eigenvalue weighted by atomic mass is 32.1. The minimum Gasteiger partial charge on any atom is -0.369 e. The van der Waals surface area contributed by atoms with E-state index < -0.39 is 17.6 Å². The fourth-order valence-electron chi connectivity index (χ4n) is 1.56. The summed E-state index contributed by atoms with van der Waals surface area (Å²) in [7, 11) is 2.80. The minimum absolute atomic E-state index is 0.264. The number of nitrogens with one attached hydrogen (secondary N) is 1. The second-order valence-corrected chi connectivity index (χ2v) is 4.73. The Kier molecular flexibility index (Phi) is 3.22. The zero-order chi connectivity index (χ0) is 14.3. The van der Waals surface area contributed by atoms with Crippen LogP contribution in [0.4, 0.5) is 18.3 Å². The molecule has 10 heteroatoms. The highest BCUT2D eigenvalue weighted by molar-refractivity contribution is 7.15. The maximum absolute atomic E-state index is 13.3. The summed E-state index contributed by atoms with van der Waals surface area (Å²) in [5.74, 6) is -0.605. The first-order valence-corrected chi connectivity index (χ1v) is 5.90. The van der Waals surface area contributed by atoms with Gasteiger partial charge in [0.1, 0.15) is 6.33 Å². The van der Waals surface area contributed by atoms with E-state index in [1.807, 2.05) is 0 Å². The number of nitrogens with zero attached hydrogens (tertiary/aromatic N) is 4. The molecule has 0 aliphatic heterocycles. The highest BCUT2D eigenvalue weighted by Crippen LogP contribution is 2.45. The fourth-order valence-corrected chi connectivity index (χ4v) is 2.43. The molecule has 0 spiro atoms. The van der Waals surface area contributed by atoms with Gasteiger partial charge in [0.25, 0.3) is 5.60 Å². The number of alkyl halides is 3. The van der Waals surface area contributed by atoms with E-state index in [0.29, 0.717) is 11.3 Å². The minimum atomic E-state index is -4.94. The van der Waals surface area contributed by atoms with E-state index in [2.05, 4.69) is 20.4 Å². The second kappa shape index (κ2) is 4.46. The Bertz CT molecular complexity index is 580. The zero-order valence-electron chi connectivity index (χ0n) is 9.93. The molecule has 6 nitrogen and oxygen atoms in total. The first kappa shape index (κ1) is 13.7. The number of anilines is 1. The van der Waals surface area contributed by atoms with E-state index in [9.17, 15) is 18.3 Å². The monoisotopic (exact) mass is 293 g/mol. The van der Waals surface area contributed by atoms with Gasteiger partial charge in [-0.2, -0.15) is 18.3 Å². The van der Waals surface area contributed by atoms with Crippen LogP contribution in [0.15, 0.2) is 12.5 Å². The van der Waals surface area contributed by atoms with Crippen molar-refractivity contribution in [2.24, 2.45) is 7.05 Å². The van der Waals surface area contributed by atoms with Crippen LogP contribution in [-0.2, 0) is 12.6 Å². The molecule has 0 aliphatic carbocycles. The highest BCUT2D eigenvalue weighted by Gasteiger charge is 2.60. The Morgan fingerprint density at radius 2 is 2.05 bits per heavy atom. The average Bonchev–Trinajstić information content (AvgIpc) is 2.95. The Morgan fingerprint density at radius 1 is 1.37 bits per heavy atom. The van der Waals surface area contributed by atoms with Crippen LogP contribution in [0.5, 0.6) is 0 Å². The summed E-state index contributed by atoms with van der Waals surface area (Å²) in [4.78, 5) is 6.88. The van der Waals surface area contributed by atoms with Gasteiger partial charge in [0.15, 0.2) is 11.0 Å². The van der Waals surface area contributed by atoms with Crippen LogP contribution in [0, 0.1) is 0 Å². The molecule has 2 rings (SSSR count). The molecule has 2 heterocycles. The van der Waals surface area contributed by atoms with Crippen molar-refractivity contribution >= 4 is 16.5 Å². The van der Waals surface area contributed by atoms with Gasteiger partial charge < -0.3 is 10.4 Å². The summed E-state index contributed by atoms with van der Waals surface area (Å²) in [5.41, 5.74) is -3.23. The molecule has 2 N–H and O–H groups in total. The Balaban J connectivity index is 2.62. The summed E-state index contributed by atoms with van der Waals surface area (Å²) < 4.78 is 40.7. The molecule has 2 aromatic heterocycles. The van der Waals surface area contributed by atoms with Gasteiger partial charge in [-0.25, -0.2) is 14.6 Å². The van der Waals surface area contributed by atoms with Gasteiger partial charge in [0.2, 0.25) is 0 Å². The second-order valence-electron chi connectivity index (χ2n) is 3.70. The number of rotatable bonds is 3. The fraction of sp³-hybridized carbons (Fsp3) is 0.444. The number of aliphatic hydroxyl groups is 1. The van der Waals surface area contributed by atoms with E-state index in [-0.39, 0.29) is 10.0 Å². The maximum atomic E-state index is 13.3. The molecule has 0 saturated heterocycles. The van der Waals surface area contributed by atoms with Crippen LogP contribution in [-0.4, -0.2) is 38.1 Å². The summed E-state index contributed by atoms with van der Waals surface area (Å²) in [6, 6.07) is 0. The average molecular weight is 293 g/mol. The van der Waals surface area contributed by atoms with Crippen LogP contribution < -0.4 is 5.32 Å². The molecule has 0 unspecified atom stereocenters. The number of thiazole rings is 1. The van der Waals surface area contributed by atoms with Crippen molar-refractivity contribution in [3.8, 4) is 0 Å². The largest absolute Gasteiger partial charge is 0.429 e. The number of hydrogen-bond acceptors (Lipinski definition) is 6. The van der Waals surface area contributed by atoms with Gasteiger partial charge in [-0.1, -0.05) is 11.3 Å². The summed E-state index contributed by atoms with van der Waals surface area (Å²) in [6.07, 6.45) is -3.02. The third-order valence-electron chi connectivity index (χ3n) is 2.52. The van der Waals surface area contributed by atoms with Gasteiger partial charge >= 0.3 is 6.18 Å². The molecule has 0 bridgehead atoms. The standard InChI is InChI=1S/C9H10F3N5OS/c1-13-7-14-3-5(19-7)8(18,9(10,11)12)6-15-4-16-17(6)2/h3-4,18H,1-2H3,(H,13,14)/t8-/m1/s1. The van der Waals surface area contributed by atoms with Crippen LogP contribution in [0.2, 0.25) is 0 Å². The van der Waals surface area contributed by atoms with Crippen LogP contribution in [0.3, 0.4) is 0 Å². The Hall–Kier alpha value is -1.68. The normalized spacial score (nSPS) is 15.3. The molecule has 0 aromatic carbocycles. The van der Waals surface area contributed by atoms with Gasteiger partial charge in [-0.05, 0) is 0 Å². The van der Waals surface area contributed by atoms with E-state index >= 15 is 0 Å². The maximum Gasteiger partial charge on any atom is 0.429 e. The Morgan fingerprint density at radius 3 is 2.47 bits per heavy atom. The molecule has 0 amide bonds. The number of hydrogen-bond donors (Lipinski definition) is 2. The third kappa shape index (κ3) is 2.06. The molecule has 0 radical (unpaired) electrons. The van der Waals surface area contributed by atoms with E-state index in [1.165, 1.54) is 14.1 Å². The van der Waals surface area contributed by atoms with Crippen LogP contribution in [0.25, 0.3) is 0 Å². The van der Waals surface area contributed by atoms with Crippen LogP contribution in [0.1, 0.15) is 10.7 Å². The predicted molar refractivity (Wildman–Crippen MR) is 61.7 cm³/mol. The van der Waals surface area contributed by atoms with E-state index in [0.717, 1.165) is 17.2 Å². The van der Waals surface area contributed by atoms with Gasteiger partial charge in [-0.3, -0.25) is 0 Å². The quantitative estimate of drug-likeness (QED) is 0.886. The molecular weight excluding hydrogens is 283 g/mol. The molecule has 19 heavy (non-hydrogen) atoms. The zero-order valence-corrected chi connectivity index (χ0v) is 10.7. The van der Waals surface area contributed by atoms with Crippen molar-refractivity contribution in [3.05, 3.63) is 23.2 Å². The molecule has 1 atom stereocenters. The molecule has 0 saturated carbocycles. The predicted octanol–water partition coefficient (Wildman–Crippen LogP) is 1.11. The van der Waals surface area contributed by atoms with Crippen molar-refractivity contribution in [2.45, 2.75) is 11.8 Å². The van der Waals surface area contributed by atoms with Crippen molar-refractivity contribution in [1.29, 1.82) is 0 Å². The third-order valence-corrected chi connectivity index (χ3v) is 3.65. The van der Waals surface area contributed by atoms with Crippen molar-refractivity contribution < 1.29 is 18.3 Å². The summed E-state index contributed by atoms with van der Waals surface area (Å²) >= 11 is 0.700. The van der Waals surface area contributed by atoms with Crippen molar-refractivity contribution in [3.63, 3.8) is 0 Å². The van der Waals surface area contributed by atoms with Crippen molar-refractivity contribution in [1.82, 2.24) is 19.7 Å². The smallest absolute Gasteiger partial charge is 0.369 e. The Labute approximate surface area is 109 Å². The lowest BCUT2D eigenvalue weighted by molar-refractivity contribution is -0.250. The summed E-state index contributed by atoms with van der Waals surface area (Å²) in [5, 5.41) is 16.6. The van der Waals surface area contributed by atoms with Crippen LogP contribution >= 0.6 is 11.3 Å². The lowest BCUT2D eigenvalue weighted by Gasteiger charge is -2.27. The lowest BCUT2D eigenvalue weighted by Crippen LogP contribution is -2.44. The molecule has 104 valence electrons. The van der Waals surface area contributed by atoms with Gasteiger partial charge in [-0.15, -0.1) is 0 Å². The molecule has 2 aromatic rings. The van der Waals surface area contributed by atoms with Gasteiger partial charge in [0, 0.05) is 20.3 Å². The lowest BCUT2D eigenvalue weighted by atomic mass is 10.0. The van der Waals surface area contributed by atoms with E-state index in [4.69, 9.17) is 0 Å². The molecular formula is C9H10F3N5OS. The van der Waals surface area contributed by atoms with Gasteiger partial charge in [0.05, 0.1) is 4.88 Å². The van der Waals surface area contributed by atoms with Crippen molar-refractivity contribution in [2.75, 3.05) is 12.4 Å². The number of halogens is 3. The first-order valence-electron chi connectivity index (χ1n) is 5.08. The van der Waals surface area contributed by atoms with E-state index in [1.54, 1.807) is 0 Å². The topological polar surface area (TPSA) is 75.9 Å². The first-order chi connectivity index (χ1) is 8.80. The molecule has 0 fully saturated rings. The summed E-state index contributed by atoms with van der Waals surface area (Å²) in [6.45, 7) is 0. The SMILES string of the molecule is CNc1ncc([C@@](O)(c2ncnn2C)C(F)(F)F)s1.